The van der Waals surface area contributed by atoms with Crippen LogP contribution in [-0.4, -0.2) is 40.4 Å². The van der Waals surface area contributed by atoms with Crippen LogP contribution in [0.2, 0.25) is 0 Å². The van der Waals surface area contributed by atoms with E-state index < -0.39 is 17.7 Å². The summed E-state index contributed by atoms with van der Waals surface area (Å²) in [5, 5.41) is 4.75. The van der Waals surface area contributed by atoms with Crippen LogP contribution in [0, 0.1) is 5.92 Å². The molecule has 8 heteroatoms. The fourth-order valence-corrected chi connectivity index (χ4v) is 3.96. The van der Waals surface area contributed by atoms with E-state index in [1.807, 2.05) is 17.0 Å². The summed E-state index contributed by atoms with van der Waals surface area (Å²) < 4.78 is 0. The topological polar surface area (TPSA) is 91.7 Å². The van der Waals surface area contributed by atoms with Gasteiger partial charge in [0, 0.05) is 24.7 Å². The van der Waals surface area contributed by atoms with E-state index in [1.54, 1.807) is 11.5 Å². The van der Waals surface area contributed by atoms with Gasteiger partial charge >= 0.3 is 0 Å². The molecule has 28 heavy (non-hydrogen) atoms. The van der Waals surface area contributed by atoms with Gasteiger partial charge in [-0.05, 0) is 23.6 Å². The monoisotopic (exact) mass is 394 g/mol. The summed E-state index contributed by atoms with van der Waals surface area (Å²) in [6.45, 7) is 1.31. The molecule has 1 N–H and O–H groups in total. The number of hydrogen-bond acceptors (Lipinski definition) is 5. The van der Waals surface area contributed by atoms with Crippen LogP contribution in [0.1, 0.15) is 16.8 Å². The average Bonchev–Trinajstić information content (AvgIpc) is 3.14. The van der Waals surface area contributed by atoms with Crippen molar-refractivity contribution in [2.24, 2.45) is 10.9 Å². The van der Waals surface area contributed by atoms with Crippen LogP contribution in [0.15, 0.2) is 46.8 Å². The van der Waals surface area contributed by atoms with Gasteiger partial charge in [-0.25, -0.2) is 9.98 Å². The summed E-state index contributed by atoms with van der Waals surface area (Å²) in [6.07, 6.45) is 5.45. The molecule has 7 nitrogen and oxygen atoms in total. The van der Waals surface area contributed by atoms with Gasteiger partial charge < -0.3 is 10.2 Å². The number of aromatic nitrogens is 1. The van der Waals surface area contributed by atoms with Gasteiger partial charge in [0.2, 0.25) is 11.8 Å². The zero-order valence-corrected chi connectivity index (χ0v) is 15.8. The first-order valence-corrected chi connectivity index (χ1v) is 9.82. The van der Waals surface area contributed by atoms with Crippen LogP contribution in [-0.2, 0) is 33.8 Å². The minimum atomic E-state index is -0.938. The van der Waals surface area contributed by atoms with Gasteiger partial charge in [0.1, 0.15) is 5.92 Å². The van der Waals surface area contributed by atoms with Crippen molar-refractivity contribution in [3.8, 4) is 0 Å². The summed E-state index contributed by atoms with van der Waals surface area (Å²) >= 11 is 1.23. The molecule has 0 fully saturated rings. The summed E-state index contributed by atoms with van der Waals surface area (Å²) in [5.41, 5.74) is 3.08. The predicted molar refractivity (Wildman–Crippen MR) is 106 cm³/mol. The Morgan fingerprint density at radius 1 is 1.25 bits per heavy atom. The normalized spacial score (nSPS) is 18.1. The van der Waals surface area contributed by atoms with Crippen molar-refractivity contribution in [3.05, 3.63) is 58.6 Å². The Morgan fingerprint density at radius 3 is 2.89 bits per heavy atom. The molecule has 2 aliphatic heterocycles. The molecular weight excluding hydrogens is 376 g/mol. The number of fused-ring (bicyclic) bond motifs is 1. The first kappa shape index (κ1) is 18.2. The number of dihydropyridines is 1. The highest BCUT2D eigenvalue weighted by molar-refractivity contribution is 7.14. The first-order valence-electron chi connectivity index (χ1n) is 8.94. The molecule has 142 valence electrons. The number of rotatable bonds is 4. The third-order valence-corrected chi connectivity index (χ3v) is 5.54. The smallest absolute Gasteiger partial charge is 0.262 e. The van der Waals surface area contributed by atoms with Crippen LogP contribution >= 0.6 is 11.3 Å². The molecule has 1 aromatic carbocycles. The second kappa shape index (κ2) is 7.85. The molecule has 3 heterocycles. The molecule has 0 spiro atoms. The average molecular weight is 394 g/mol. The molecule has 2 aromatic rings. The molecule has 1 unspecified atom stereocenters. The first-order chi connectivity index (χ1) is 13.6. The van der Waals surface area contributed by atoms with Gasteiger partial charge in [0.15, 0.2) is 5.13 Å². The molecule has 0 saturated carbocycles. The Hall–Kier alpha value is -3.13. The van der Waals surface area contributed by atoms with Crippen molar-refractivity contribution < 1.29 is 14.4 Å². The number of hydrogen-bond donors (Lipinski definition) is 1. The highest BCUT2D eigenvalue weighted by Crippen LogP contribution is 2.21. The highest BCUT2D eigenvalue weighted by Gasteiger charge is 2.26. The van der Waals surface area contributed by atoms with Gasteiger partial charge in [0.05, 0.1) is 12.1 Å². The second-order valence-corrected chi connectivity index (χ2v) is 7.48. The molecule has 1 atom stereocenters. The maximum atomic E-state index is 12.6. The van der Waals surface area contributed by atoms with Gasteiger partial charge in [-0.1, -0.05) is 30.3 Å². The van der Waals surface area contributed by atoms with Gasteiger partial charge in [-0.2, -0.15) is 0 Å². The number of anilines is 1. The van der Waals surface area contributed by atoms with E-state index in [2.05, 4.69) is 27.4 Å². The third-order valence-electron chi connectivity index (χ3n) is 4.74. The maximum Gasteiger partial charge on any atom is 0.262 e. The molecular formula is C20H18N4O3S. The van der Waals surface area contributed by atoms with Crippen molar-refractivity contribution in [2.75, 3.05) is 11.9 Å². The van der Waals surface area contributed by atoms with Crippen LogP contribution < -0.4 is 5.32 Å². The van der Waals surface area contributed by atoms with E-state index in [0.717, 1.165) is 6.42 Å². The van der Waals surface area contributed by atoms with Gasteiger partial charge in [-0.15, -0.1) is 11.3 Å². The number of aliphatic imine (C=N–C) groups is 1. The molecule has 1 aromatic heterocycles. The Balaban J connectivity index is 1.35. The molecule has 3 amide bonds. The third kappa shape index (κ3) is 3.91. The summed E-state index contributed by atoms with van der Waals surface area (Å²) in [6, 6.07) is 8.16. The summed E-state index contributed by atoms with van der Waals surface area (Å²) in [7, 11) is 0. The lowest BCUT2D eigenvalue weighted by Crippen LogP contribution is -2.36. The van der Waals surface area contributed by atoms with Crippen molar-refractivity contribution in [1.82, 2.24) is 9.88 Å². The largest absolute Gasteiger partial charge is 0.338 e. The maximum absolute atomic E-state index is 12.6. The number of benzene rings is 1. The Morgan fingerprint density at radius 2 is 2.07 bits per heavy atom. The fourth-order valence-electron chi connectivity index (χ4n) is 3.24. The Labute approximate surface area is 165 Å². The van der Waals surface area contributed by atoms with Crippen LogP contribution in [0.3, 0.4) is 0 Å². The molecule has 4 rings (SSSR count). The Bertz CT molecular complexity index is 995. The number of nitrogens with zero attached hydrogens (tertiary/aromatic N) is 3. The SMILES string of the molecule is O=C1N=CC=CC1C(=O)Nc1nc(CC(=O)N2CCc3ccccc3C2)cs1. The predicted octanol–water partition coefficient (Wildman–Crippen LogP) is 1.99. The molecule has 0 bridgehead atoms. The number of allylic oxidation sites excluding steroid dienone is 1. The fraction of sp³-hybridized carbons (Fsp3) is 0.250. The molecule has 2 aliphatic rings. The standard InChI is InChI=1S/C20H18N4O3S/c25-17(24-9-7-13-4-1-2-5-14(13)11-24)10-15-12-28-20(22-15)23-19(27)16-6-3-8-21-18(16)26/h1-6,8,12,16H,7,9-11H2,(H,22,23,27). The van der Waals surface area contributed by atoms with Crippen molar-refractivity contribution >= 4 is 40.4 Å². The van der Waals surface area contributed by atoms with Crippen molar-refractivity contribution in [2.45, 2.75) is 19.4 Å². The summed E-state index contributed by atoms with van der Waals surface area (Å²) in [5.74, 6) is -1.90. The van der Waals surface area contributed by atoms with E-state index in [-0.39, 0.29) is 12.3 Å². The molecule has 0 aliphatic carbocycles. The lowest BCUT2D eigenvalue weighted by molar-refractivity contribution is -0.131. The number of amides is 3. The zero-order chi connectivity index (χ0) is 19.5. The molecule has 0 saturated heterocycles. The lowest BCUT2D eigenvalue weighted by Gasteiger charge is -2.28. The lowest BCUT2D eigenvalue weighted by atomic mass is 10.00. The van der Waals surface area contributed by atoms with E-state index in [9.17, 15) is 14.4 Å². The minimum Gasteiger partial charge on any atom is -0.338 e. The van der Waals surface area contributed by atoms with E-state index in [4.69, 9.17) is 0 Å². The Kier molecular flexibility index (Phi) is 5.12. The number of carbonyl (C=O) groups excluding carboxylic acids is 3. The van der Waals surface area contributed by atoms with Crippen LogP contribution in [0.5, 0.6) is 0 Å². The zero-order valence-electron chi connectivity index (χ0n) is 15.0. The van der Waals surface area contributed by atoms with E-state index in [1.165, 1.54) is 34.8 Å². The quantitative estimate of drug-likeness (QED) is 0.803. The number of thiazole rings is 1. The van der Waals surface area contributed by atoms with Crippen LogP contribution in [0.4, 0.5) is 5.13 Å². The van der Waals surface area contributed by atoms with Crippen LogP contribution in [0.25, 0.3) is 0 Å². The molecule has 0 radical (unpaired) electrons. The van der Waals surface area contributed by atoms with E-state index >= 15 is 0 Å². The summed E-state index contributed by atoms with van der Waals surface area (Å²) in [4.78, 5) is 46.3. The number of nitrogens with one attached hydrogen (secondary N) is 1. The number of carbonyl (C=O) groups is 3. The van der Waals surface area contributed by atoms with Crippen molar-refractivity contribution in [3.63, 3.8) is 0 Å². The highest BCUT2D eigenvalue weighted by atomic mass is 32.1. The van der Waals surface area contributed by atoms with E-state index in [0.29, 0.717) is 23.9 Å². The van der Waals surface area contributed by atoms with Gasteiger partial charge in [0.25, 0.3) is 5.91 Å². The van der Waals surface area contributed by atoms with Crippen molar-refractivity contribution in [1.29, 1.82) is 0 Å². The minimum absolute atomic E-state index is 0.0115. The second-order valence-electron chi connectivity index (χ2n) is 6.62. The van der Waals surface area contributed by atoms with Gasteiger partial charge in [-0.3, -0.25) is 14.4 Å².